The second-order valence-electron chi connectivity index (χ2n) is 6.52. The Bertz CT molecular complexity index is 582. The van der Waals surface area contributed by atoms with E-state index in [2.05, 4.69) is 18.9 Å². The van der Waals surface area contributed by atoms with Crippen molar-refractivity contribution < 1.29 is 19.4 Å². The number of likely N-dealkylation sites (tertiary alicyclic amines) is 1. The van der Waals surface area contributed by atoms with Crippen LogP contribution in [-0.4, -0.2) is 57.5 Å². The third kappa shape index (κ3) is 3.90. The number of amides is 1. The maximum atomic E-state index is 12.8. The van der Waals surface area contributed by atoms with Crippen LogP contribution in [0.1, 0.15) is 42.7 Å². The minimum atomic E-state index is -0.906. The number of carbonyl (C=O) groups is 2. The van der Waals surface area contributed by atoms with Gasteiger partial charge in [-0.1, -0.05) is 13.8 Å². The highest BCUT2D eigenvalue weighted by Crippen LogP contribution is 2.25. The third-order valence-electron chi connectivity index (χ3n) is 4.25. The largest absolute Gasteiger partial charge is 0.481 e. The molecule has 2 atom stereocenters. The van der Waals surface area contributed by atoms with Gasteiger partial charge in [0.1, 0.15) is 0 Å². The smallest absolute Gasteiger partial charge is 0.305 e. The zero-order valence-electron chi connectivity index (χ0n) is 14.2. The molecule has 0 spiro atoms. The zero-order valence-corrected chi connectivity index (χ0v) is 14.2. The van der Waals surface area contributed by atoms with Gasteiger partial charge in [0.05, 0.1) is 24.3 Å². The van der Waals surface area contributed by atoms with E-state index >= 15 is 0 Å². The van der Waals surface area contributed by atoms with E-state index in [1.54, 1.807) is 18.2 Å². The maximum absolute atomic E-state index is 12.8. The van der Waals surface area contributed by atoms with Gasteiger partial charge in [-0.15, -0.1) is 0 Å². The Hall–Kier alpha value is -1.89. The van der Waals surface area contributed by atoms with Crippen LogP contribution in [0.15, 0.2) is 6.20 Å². The van der Waals surface area contributed by atoms with E-state index < -0.39 is 5.97 Å². The van der Waals surface area contributed by atoms with Crippen LogP contribution in [0.25, 0.3) is 0 Å². The summed E-state index contributed by atoms with van der Waals surface area (Å²) in [5.41, 5.74) is 1.36. The monoisotopic (exact) mass is 323 g/mol. The standard InChI is InChI=1S/C16H25N3O4/c1-10(2)8-19-11(3)14(7-17-19)16(22)18-9-13(23-4)5-12(18)6-15(20)21/h7,10,12-13H,5-6,8-9H2,1-4H3,(H,20,21)/t12-,13-/m1/s1. The number of aromatic nitrogens is 2. The number of hydrogen-bond acceptors (Lipinski definition) is 4. The molecular weight excluding hydrogens is 298 g/mol. The van der Waals surface area contributed by atoms with Crippen LogP contribution >= 0.6 is 0 Å². The minimum absolute atomic E-state index is 0.0647. The van der Waals surface area contributed by atoms with Crippen molar-refractivity contribution in [3.05, 3.63) is 17.5 Å². The first kappa shape index (κ1) is 17.5. The fourth-order valence-corrected chi connectivity index (χ4v) is 3.03. The average Bonchev–Trinajstić information content (AvgIpc) is 3.02. The Kier molecular flexibility index (Phi) is 5.41. The molecule has 1 aliphatic heterocycles. The van der Waals surface area contributed by atoms with Crippen molar-refractivity contribution in [2.75, 3.05) is 13.7 Å². The van der Waals surface area contributed by atoms with Crippen molar-refractivity contribution in [1.29, 1.82) is 0 Å². The van der Waals surface area contributed by atoms with E-state index in [4.69, 9.17) is 9.84 Å². The van der Waals surface area contributed by atoms with Crippen LogP contribution in [0.4, 0.5) is 0 Å². The molecule has 0 aromatic carbocycles. The quantitative estimate of drug-likeness (QED) is 0.858. The molecule has 23 heavy (non-hydrogen) atoms. The lowest BCUT2D eigenvalue weighted by Gasteiger charge is -2.23. The lowest BCUT2D eigenvalue weighted by molar-refractivity contribution is -0.137. The number of rotatable bonds is 6. The van der Waals surface area contributed by atoms with Crippen molar-refractivity contribution in [2.24, 2.45) is 5.92 Å². The van der Waals surface area contributed by atoms with E-state index in [1.807, 2.05) is 11.6 Å². The third-order valence-corrected chi connectivity index (χ3v) is 4.25. The summed E-state index contributed by atoms with van der Waals surface area (Å²) in [7, 11) is 1.59. The lowest BCUT2D eigenvalue weighted by atomic mass is 10.1. The van der Waals surface area contributed by atoms with Gasteiger partial charge >= 0.3 is 5.97 Å². The molecule has 1 aromatic rings. The van der Waals surface area contributed by atoms with Gasteiger partial charge in [0.15, 0.2) is 0 Å². The Morgan fingerprint density at radius 1 is 1.48 bits per heavy atom. The van der Waals surface area contributed by atoms with E-state index in [0.717, 1.165) is 12.2 Å². The molecule has 2 rings (SSSR count). The van der Waals surface area contributed by atoms with Gasteiger partial charge in [0.25, 0.3) is 5.91 Å². The van der Waals surface area contributed by atoms with Crippen LogP contribution in [0.5, 0.6) is 0 Å². The molecule has 2 heterocycles. The first-order chi connectivity index (χ1) is 10.8. The summed E-state index contributed by atoms with van der Waals surface area (Å²) in [6.07, 6.45) is 1.95. The van der Waals surface area contributed by atoms with Crippen molar-refractivity contribution in [3.63, 3.8) is 0 Å². The topological polar surface area (TPSA) is 84.7 Å². The second kappa shape index (κ2) is 7.12. The highest BCUT2D eigenvalue weighted by atomic mass is 16.5. The van der Waals surface area contributed by atoms with E-state index in [0.29, 0.717) is 24.4 Å². The van der Waals surface area contributed by atoms with Crippen LogP contribution in [0, 0.1) is 12.8 Å². The maximum Gasteiger partial charge on any atom is 0.305 e. The predicted octanol–water partition coefficient (Wildman–Crippen LogP) is 1.55. The van der Waals surface area contributed by atoms with Gasteiger partial charge in [0.2, 0.25) is 0 Å². The van der Waals surface area contributed by atoms with Gasteiger partial charge in [0, 0.05) is 31.9 Å². The molecule has 1 amide bonds. The number of hydrogen-bond donors (Lipinski definition) is 1. The Morgan fingerprint density at radius 3 is 2.74 bits per heavy atom. The normalized spacial score (nSPS) is 21.2. The summed E-state index contributed by atoms with van der Waals surface area (Å²) >= 11 is 0. The molecule has 128 valence electrons. The summed E-state index contributed by atoms with van der Waals surface area (Å²) in [5, 5.41) is 13.4. The van der Waals surface area contributed by atoms with Crippen LogP contribution in [0.3, 0.4) is 0 Å². The number of nitrogens with zero attached hydrogens (tertiary/aromatic N) is 3. The molecule has 1 saturated heterocycles. The van der Waals surface area contributed by atoms with Crippen LogP contribution < -0.4 is 0 Å². The Morgan fingerprint density at radius 2 is 2.17 bits per heavy atom. The van der Waals surface area contributed by atoms with Crippen LogP contribution in [0.2, 0.25) is 0 Å². The van der Waals surface area contributed by atoms with Crippen molar-refractivity contribution in [3.8, 4) is 0 Å². The van der Waals surface area contributed by atoms with E-state index in [9.17, 15) is 9.59 Å². The van der Waals surface area contributed by atoms with Crippen molar-refractivity contribution in [1.82, 2.24) is 14.7 Å². The summed E-state index contributed by atoms with van der Waals surface area (Å²) in [6.45, 7) is 7.23. The Balaban J connectivity index is 2.20. The molecule has 0 radical (unpaired) electrons. The summed E-state index contributed by atoms with van der Waals surface area (Å²) < 4.78 is 7.15. The second-order valence-corrected chi connectivity index (χ2v) is 6.52. The predicted molar refractivity (Wildman–Crippen MR) is 84.3 cm³/mol. The molecular formula is C16H25N3O4. The van der Waals surface area contributed by atoms with Gasteiger partial charge in [-0.25, -0.2) is 0 Å². The number of carboxylic acid groups (broad SMARTS) is 1. The lowest BCUT2D eigenvalue weighted by Crippen LogP contribution is -2.37. The highest BCUT2D eigenvalue weighted by molar-refractivity contribution is 5.95. The fraction of sp³-hybridized carbons (Fsp3) is 0.688. The Labute approximate surface area is 136 Å². The van der Waals surface area contributed by atoms with Crippen molar-refractivity contribution in [2.45, 2.75) is 52.3 Å². The number of aliphatic carboxylic acids is 1. The highest BCUT2D eigenvalue weighted by Gasteiger charge is 2.37. The summed E-state index contributed by atoms with van der Waals surface area (Å²) in [5.74, 6) is -0.638. The average molecular weight is 323 g/mol. The number of methoxy groups -OCH3 is 1. The molecule has 0 aliphatic carbocycles. The van der Waals surface area contributed by atoms with Gasteiger partial charge in [-0.2, -0.15) is 5.10 Å². The molecule has 0 saturated carbocycles. The van der Waals surface area contributed by atoms with Crippen LogP contribution in [-0.2, 0) is 16.1 Å². The molecule has 0 unspecified atom stereocenters. The first-order valence-corrected chi connectivity index (χ1v) is 7.91. The van der Waals surface area contributed by atoms with E-state index in [1.165, 1.54) is 0 Å². The van der Waals surface area contributed by atoms with Gasteiger partial charge in [-0.3, -0.25) is 14.3 Å². The number of carbonyl (C=O) groups excluding carboxylic acids is 1. The number of ether oxygens (including phenoxy) is 1. The molecule has 1 aromatic heterocycles. The fourth-order valence-electron chi connectivity index (χ4n) is 3.03. The van der Waals surface area contributed by atoms with Gasteiger partial charge < -0.3 is 14.7 Å². The molecule has 7 nitrogen and oxygen atoms in total. The van der Waals surface area contributed by atoms with Gasteiger partial charge in [-0.05, 0) is 19.3 Å². The molecule has 7 heteroatoms. The SMILES string of the molecule is CO[C@@H]1C[C@H](CC(=O)O)N(C(=O)c2cnn(CC(C)C)c2C)C1. The molecule has 1 fully saturated rings. The zero-order chi connectivity index (χ0) is 17.1. The first-order valence-electron chi connectivity index (χ1n) is 7.91. The van der Waals surface area contributed by atoms with E-state index in [-0.39, 0.29) is 24.5 Å². The molecule has 1 N–H and O–H groups in total. The minimum Gasteiger partial charge on any atom is -0.481 e. The summed E-state index contributed by atoms with van der Waals surface area (Å²) in [6, 6.07) is -0.335. The molecule has 1 aliphatic rings. The summed E-state index contributed by atoms with van der Waals surface area (Å²) in [4.78, 5) is 25.5. The number of carboxylic acids is 1. The molecule has 0 bridgehead atoms. The van der Waals surface area contributed by atoms with Crippen molar-refractivity contribution >= 4 is 11.9 Å².